The first-order chi connectivity index (χ1) is 9.54. The number of rotatable bonds is 2. The predicted molar refractivity (Wildman–Crippen MR) is 77.5 cm³/mol. The maximum atomic E-state index is 5.83. The summed E-state index contributed by atoms with van der Waals surface area (Å²) in [4.78, 5) is 0. The molecule has 0 spiro atoms. The van der Waals surface area contributed by atoms with Crippen molar-refractivity contribution in [1.29, 1.82) is 0 Å². The van der Waals surface area contributed by atoms with E-state index < -0.39 is 0 Å². The first kappa shape index (κ1) is 13.4. The fourth-order valence-corrected chi connectivity index (χ4v) is 2.29. The van der Waals surface area contributed by atoms with E-state index in [4.69, 9.17) is 13.9 Å². The zero-order valence-corrected chi connectivity index (χ0v) is 12.2. The fourth-order valence-electron chi connectivity index (χ4n) is 2.29. The summed E-state index contributed by atoms with van der Waals surface area (Å²) in [6, 6.07) is 12.4. The molecular formula is C17H20O3. The number of furan rings is 1. The van der Waals surface area contributed by atoms with Gasteiger partial charge in [-0.2, -0.15) is 0 Å². The Kier molecular flexibility index (Phi) is 3.40. The minimum Gasteiger partial charge on any atom is -0.456 e. The molecule has 1 aliphatic rings. The lowest BCUT2D eigenvalue weighted by Gasteiger charge is -2.18. The van der Waals surface area contributed by atoms with Crippen molar-refractivity contribution in [3.8, 4) is 11.3 Å². The molecule has 1 aliphatic heterocycles. The van der Waals surface area contributed by atoms with Gasteiger partial charge in [-0.15, -0.1) is 0 Å². The summed E-state index contributed by atoms with van der Waals surface area (Å²) in [6.45, 7) is 7.88. The van der Waals surface area contributed by atoms with Crippen LogP contribution >= 0.6 is 0 Å². The molecule has 20 heavy (non-hydrogen) atoms. The van der Waals surface area contributed by atoms with Gasteiger partial charge >= 0.3 is 0 Å². The van der Waals surface area contributed by atoms with Crippen LogP contribution < -0.4 is 0 Å². The van der Waals surface area contributed by atoms with Gasteiger partial charge in [0.2, 0.25) is 6.29 Å². The molecule has 0 radical (unpaired) electrons. The molecule has 0 atom stereocenters. The van der Waals surface area contributed by atoms with Crippen LogP contribution in [0.4, 0.5) is 0 Å². The van der Waals surface area contributed by atoms with E-state index in [1.165, 1.54) is 5.56 Å². The molecule has 2 heterocycles. The smallest absolute Gasteiger partial charge is 0.217 e. The molecule has 1 saturated heterocycles. The fraction of sp³-hybridized carbons (Fsp3) is 0.412. The molecule has 3 nitrogen and oxygen atoms in total. The normalized spacial score (nSPS) is 16.8. The minimum atomic E-state index is -0.349. The van der Waals surface area contributed by atoms with Gasteiger partial charge in [0, 0.05) is 5.56 Å². The monoisotopic (exact) mass is 272 g/mol. The second kappa shape index (κ2) is 5.08. The van der Waals surface area contributed by atoms with Gasteiger partial charge in [-0.25, -0.2) is 0 Å². The Morgan fingerprint density at radius 3 is 2.15 bits per heavy atom. The van der Waals surface area contributed by atoms with Crippen LogP contribution in [0.5, 0.6) is 0 Å². The van der Waals surface area contributed by atoms with Crippen LogP contribution in [0.3, 0.4) is 0 Å². The van der Waals surface area contributed by atoms with E-state index in [9.17, 15) is 0 Å². The van der Waals surface area contributed by atoms with Gasteiger partial charge in [0.05, 0.1) is 13.2 Å². The van der Waals surface area contributed by atoms with Gasteiger partial charge in [0.1, 0.15) is 5.76 Å². The Balaban J connectivity index is 1.82. The van der Waals surface area contributed by atoms with Crippen LogP contribution in [0.2, 0.25) is 0 Å². The Morgan fingerprint density at radius 2 is 1.55 bits per heavy atom. The molecule has 3 rings (SSSR count). The largest absolute Gasteiger partial charge is 0.456 e. The summed E-state index contributed by atoms with van der Waals surface area (Å²) in [5.74, 6) is 1.58. The number of hydrogen-bond acceptors (Lipinski definition) is 3. The van der Waals surface area contributed by atoms with E-state index in [2.05, 4.69) is 45.0 Å². The van der Waals surface area contributed by atoms with Crippen LogP contribution in [0.25, 0.3) is 11.3 Å². The molecule has 0 aliphatic carbocycles. The average molecular weight is 272 g/mol. The molecule has 1 aromatic heterocycles. The van der Waals surface area contributed by atoms with Gasteiger partial charge in [0.15, 0.2) is 5.76 Å². The average Bonchev–Trinajstić information content (AvgIpc) is 3.09. The highest BCUT2D eigenvalue weighted by atomic mass is 16.7. The minimum absolute atomic E-state index is 0.165. The molecule has 3 heteroatoms. The Hall–Kier alpha value is -1.58. The molecule has 1 fully saturated rings. The van der Waals surface area contributed by atoms with Gasteiger partial charge in [-0.1, -0.05) is 45.0 Å². The third-order valence-corrected chi connectivity index (χ3v) is 3.52. The lowest BCUT2D eigenvalue weighted by Crippen LogP contribution is -2.10. The highest BCUT2D eigenvalue weighted by Crippen LogP contribution is 2.31. The predicted octanol–water partition coefficient (Wildman–Crippen LogP) is 4.29. The van der Waals surface area contributed by atoms with Crippen molar-refractivity contribution in [1.82, 2.24) is 0 Å². The third-order valence-electron chi connectivity index (χ3n) is 3.52. The molecule has 0 N–H and O–H groups in total. The van der Waals surface area contributed by atoms with Gasteiger partial charge < -0.3 is 13.9 Å². The lowest BCUT2D eigenvalue weighted by molar-refractivity contribution is -0.0585. The lowest BCUT2D eigenvalue weighted by atomic mass is 9.86. The van der Waals surface area contributed by atoms with E-state index in [0.717, 1.165) is 17.1 Å². The zero-order chi connectivity index (χ0) is 14.2. The second-order valence-electron chi connectivity index (χ2n) is 6.10. The Morgan fingerprint density at radius 1 is 0.900 bits per heavy atom. The van der Waals surface area contributed by atoms with Crippen LogP contribution in [0.1, 0.15) is 38.4 Å². The van der Waals surface area contributed by atoms with Gasteiger partial charge in [0.25, 0.3) is 0 Å². The van der Waals surface area contributed by atoms with E-state index in [-0.39, 0.29) is 11.7 Å². The standard InChI is InChI=1S/C17H20O3/c1-17(2,3)13-6-4-12(5-7-13)14-8-9-15(20-14)16-18-10-11-19-16/h4-9,16H,10-11H2,1-3H3. The summed E-state index contributed by atoms with van der Waals surface area (Å²) >= 11 is 0. The van der Waals surface area contributed by atoms with Crippen molar-refractivity contribution in [3.05, 3.63) is 47.7 Å². The molecule has 0 saturated carbocycles. The van der Waals surface area contributed by atoms with E-state index >= 15 is 0 Å². The Bertz CT molecular complexity index is 569. The highest BCUT2D eigenvalue weighted by molar-refractivity contribution is 5.58. The maximum absolute atomic E-state index is 5.83. The van der Waals surface area contributed by atoms with Crippen LogP contribution in [-0.2, 0) is 14.9 Å². The summed E-state index contributed by atoms with van der Waals surface area (Å²) in [7, 11) is 0. The summed E-state index contributed by atoms with van der Waals surface area (Å²) in [6.07, 6.45) is -0.349. The van der Waals surface area contributed by atoms with E-state index in [1.54, 1.807) is 0 Å². The topological polar surface area (TPSA) is 31.6 Å². The number of ether oxygens (including phenoxy) is 2. The molecule has 0 amide bonds. The first-order valence-corrected chi connectivity index (χ1v) is 6.98. The van der Waals surface area contributed by atoms with Crippen molar-refractivity contribution in [2.75, 3.05) is 13.2 Å². The van der Waals surface area contributed by atoms with Crippen LogP contribution in [0.15, 0.2) is 40.8 Å². The summed E-state index contributed by atoms with van der Waals surface area (Å²) in [5.41, 5.74) is 2.55. The van der Waals surface area contributed by atoms with Crippen LogP contribution in [-0.4, -0.2) is 13.2 Å². The quantitative estimate of drug-likeness (QED) is 0.817. The SMILES string of the molecule is CC(C)(C)c1ccc(-c2ccc(C3OCCO3)o2)cc1. The highest BCUT2D eigenvalue weighted by Gasteiger charge is 2.22. The third kappa shape index (κ3) is 2.65. The van der Waals surface area contributed by atoms with Crippen molar-refractivity contribution in [3.63, 3.8) is 0 Å². The molecule has 0 unspecified atom stereocenters. The summed E-state index contributed by atoms with van der Waals surface area (Å²) in [5, 5.41) is 0. The molecular weight excluding hydrogens is 252 g/mol. The molecule has 106 valence electrons. The molecule has 1 aromatic carbocycles. The van der Waals surface area contributed by atoms with Gasteiger partial charge in [-0.05, 0) is 23.1 Å². The maximum Gasteiger partial charge on any atom is 0.217 e. The zero-order valence-electron chi connectivity index (χ0n) is 12.2. The Labute approximate surface area is 119 Å². The molecule has 2 aromatic rings. The van der Waals surface area contributed by atoms with Crippen LogP contribution in [0, 0.1) is 0 Å². The number of hydrogen-bond donors (Lipinski definition) is 0. The van der Waals surface area contributed by atoms with Gasteiger partial charge in [-0.3, -0.25) is 0 Å². The van der Waals surface area contributed by atoms with Crippen molar-refractivity contribution in [2.45, 2.75) is 32.5 Å². The van der Waals surface area contributed by atoms with E-state index in [0.29, 0.717) is 13.2 Å². The van der Waals surface area contributed by atoms with Crippen molar-refractivity contribution >= 4 is 0 Å². The summed E-state index contributed by atoms with van der Waals surface area (Å²) < 4.78 is 16.7. The first-order valence-electron chi connectivity index (χ1n) is 6.98. The molecule has 0 bridgehead atoms. The van der Waals surface area contributed by atoms with Crippen molar-refractivity contribution < 1.29 is 13.9 Å². The van der Waals surface area contributed by atoms with Crippen molar-refractivity contribution in [2.24, 2.45) is 0 Å². The number of benzene rings is 1. The second-order valence-corrected chi connectivity index (χ2v) is 6.10. The van der Waals surface area contributed by atoms with E-state index in [1.807, 2.05) is 12.1 Å².